The van der Waals surface area contributed by atoms with Crippen molar-refractivity contribution in [2.45, 2.75) is 117 Å². The summed E-state index contributed by atoms with van der Waals surface area (Å²) in [6.45, 7) is 14.3. The average molecular weight is 689 g/mol. The van der Waals surface area contributed by atoms with Crippen molar-refractivity contribution in [1.29, 1.82) is 0 Å². The number of fused-ring (bicyclic) bond motifs is 2. The molecule has 6 rings (SSSR count). The zero-order valence-electron chi connectivity index (χ0n) is 29.6. The van der Waals surface area contributed by atoms with Crippen molar-refractivity contribution in [1.82, 2.24) is 0 Å². The van der Waals surface area contributed by atoms with E-state index in [9.17, 15) is 34.2 Å². The Kier molecular flexibility index (Phi) is 8.24. The molecule has 2 N–H and O–H groups in total. The number of cyclic esters (lactones) is 2. The highest BCUT2D eigenvalue weighted by Gasteiger charge is 2.90. The van der Waals surface area contributed by atoms with Gasteiger partial charge in [-0.15, -0.1) is 0 Å². The molecule has 4 aliphatic heterocycles. The SMILES string of the molecule is CC[C@H](C)C(=O)O[C@@H]1[C@H]2[C@@H](OC(=O)C(C)C)C(C)(C)[C@H](CC(=O)OC)[C@@]3(C)[C@H]4CC[C@]5(C)C(=CC(=O)O[C@H]5C5=CC(O)OC5=O)[C@@]14O[C@@]23O. The Balaban J connectivity index is 1.62. The van der Waals surface area contributed by atoms with Gasteiger partial charge in [-0.1, -0.05) is 55.4 Å². The molecular weight excluding hydrogens is 640 g/mol. The van der Waals surface area contributed by atoms with Crippen LogP contribution in [0.3, 0.4) is 0 Å². The van der Waals surface area contributed by atoms with Crippen LogP contribution in [-0.4, -0.2) is 83.2 Å². The molecule has 2 saturated carbocycles. The van der Waals surface area contributed by atoms with Gasteiger partial charge in [0.25, 0.3) is 0 Å². The summed E-state index contributed by atoms with van der Waals surface area (Å²) in [6.07, 6.45) is -1.63. The summed E-state index contributed by atoms with van der Waals surface area (Å²) in [5, 5.41) is 23.3. The van der Waals surface area contributed by atoms with Crippen LogP contribution in [-0.2, 0) is 52.4 Å². The quantitative estimate of drug-likeness (QED) is 0.281. The number of aliphatic hydroxyl groups excluding tert-OH is 1. The van der Waals surface area contributed by atoms with Gasteiger partial charge in [-0.2, -0.15) is 0 Å². The number of esters is 5. The van der Waals surface area contributed by atoms with Crippen LogP contribution in [0.25, 0.3) is 0 Å². The molecular formula is C36H48O13. The molecule has 13 nitrogen and oxygen atoms in total. The molecule has 0 radical (unpaired) electrons. The van der Waals surface area contributed by atoms with Crippen molar-refractivity contribution in [3.05, 3.63) is 23.3 Å². The van der Waals surface area contributed by atoms with Crippen LogP contribution >= 0.6 is 0 Å². The third-order valence-electron chi connectivity index (χ3n) is 12.9. The Morgan fingerprint density at radius 2 is 1.67 bits per heavy atom. The Morgan fingerprint density at radius 3 is 2.24 bits per heavy atom. The van der Waals surface area contributed by atoms with Crippen LogP contribution < -0.4 is 0 Å². The second kappa shape index (κ2) is 11.4. The molecule has 1 spiro atoms. The number of methoxy groups -OCH3 is 1. The summed E-state index contributed by atoms with van der Waals surface area (Å²) in [6, 6.07) is 0. The van der Waals surface area contributed by atoms with Crippen LogP contribution in [0.1, 0.15) is 81.1 Å². The van der Waals surface area contributed by atoms with E-state index in [0.29, 0.717) is 24.8 Å². The first kappa shape index (κ1) is 35.5. The first-order valence-electron chi connectivity index (χ1n) is 17.2. The van der Waals surface area contributed by atoms with Gasteiger partial charge >= 0.3 is 29.8 Å². The van der Waals surface area contributed by atoms with E-state index < -0.39 is 112 Å². The standard InChI is InChI=1S/C36H48O13/c1-10-17(4)30(41)48-28-25-27(47-29(40)16(2)3)32(5,6)20(14-22(37)44-9)34(8)19-11-12-33(7)21(35(19,28)49-36(25,34)43)15-24(39)45-26(33)18-13-23(38)46-31(18)42/h13,15-17,19-20,23,25-28,38,43H,10-12,14H2,1-9H3/t17-,19+,20-,23?,25+,26-,27+,28+,33+,34+,35+,36-/m0/s1. The minimum absolute atomic E-state index is 0.0388. The number of hydrogen-bond acceptors (Lipinski definition) is 13. The van der Waals surface area contributed by atoms with Crippen LogP contribution in [0, 0.1) is 45.8 Å². The normalized spacial score (nSPS) is 43.4. The summed E-state index contributed by atoms with van der Waals surface area (Å²) in [5.74, 6) is -8.96. The topological polar surface area (TPSA) is 181 Å². The lowest BCUT2D eigenvalue weighted by Gasteiger charge is -2.67. The van der Waals surface area contributed by atoms with Crippen molar-refractivity contribution in [2.75, 3.05) is 7.11 Å². The molecule has 12 atom stereocenters. The number of ether oxygens (including phenoxy) is 6. The van der Waals surface area contributed by atoms with Gasteiger partial charge in [0.1, 0.15) is 23.9 Å². The molecule has 4 heterocycles. The zero-order chi connectivity index (χ0) is 36.2. The first-order valence-corrected chi connectivity index (χ1v) is 17.2. The monoisotopic (exact) mass is 688 g/mol. The number of aliphatic hydroxyl groups is 2. The maximum absolute atomic E-state index is 13.8. The first-order chi connectivity index (χ1) is 22.7. The fourth-order valence-electron chi connectivity index (χ4n) is 10.3. The predicted octanol–water partition coefficient (Wildman–Crippen LogP) is 2.89. The van der Waals surface area contributed by atoms with E-state index in [0.717, 1.165) is 0 Å². The van der Waals surface area contributed by atoms with E-state index in [2.05, 4.69) is 0 Å². The molecule has 2 bridgehead atoms. The van der Waals surface area contributed by atoms with E-state index in [4.69, 9.17) is 28.4 Å². The zero-order valence-corrected chi connectivity index (χ0v) is 29.6. The van der Waals surface area contributed by atoms with Crippen LogP contribution in [0.4, 0.5) is 0 Å². The minimum Gasteiger partial charge on any atom is -0.469 e. The van der Waals surface area contributed by atoms with Crippen molar-refractivity contribution < 1.29 is 62.6 Å². The van der Waals surface area contributed by atoms with Gasteiger partial charge < -0.3 is 38.6 Å². The molecule has 6 aliphatic rings. The molecule has 13 heteroatoms. The molecule has 4 fully saturated rings. The lowest BCUT2D eigenvalue weighted by molar-refractivity contribution is -0.326. The van der Waals surface area contributed by atoms with Gasteiger partial charge in [-0.3, -0.25) is 14.4 Å². The van der Waals surface area contributed by atoms with Gasteiger partial charge in [0.05, 0.1) is 30.4 Å². The predicted molar refractivity (Wildman–Crippen MR) is 167 cm³/mol. The summed E-state index contributed by atoms with van der Waals surface area (Å²) in [5.41, 5.74) is -4.72. The maximum Gasteiger partial charge on any atom is 0.340 e. The Bertz CT molecular complexity index is 1540. The van der Waals surface area contributed by atoms with Crippen molar-refractivity contribution >= 4 is 29.8 Å². The van der Waals surface area contributed by atoms with Crippen molar-refractivity contribution in [2.24, 2.45) is 45.8 Å². The van der Waals surface area contributed by atoms with E-state index in [-0.39, 0.29) is 12.0 Å². The van der Waals surface area contributed by atoms with Crippen LogP contribution in [0.5, 0.6) is 0 Å². The molecule has 49 heavy (non-hydrogen) atoms. The van der Waals surface area contributed by atoms with Gasteiger partial charge in [-0.25, -0.2) is 9.59 Å². The van der Waals surface area contributed by atoms with E-state index >= 15 is 0 Å². The average Bonchev–Trinajstić information content (AvgIpc) is 3.57. The smallest absolute Gasteiger partial charge is 0.340 e. The van der Waals surface area contributed by atoms with Gasteiger partial charge in [0.15, 0.2) is 5.79 Å². The third kappa shape index (κ3) is 4.56. The minimum atomic E-state index is -2.13. The molecule has 2 saturated heterocycles. The number of hydrogen-bond donors (Lipinski definition) is 2. The molecule has 0 aromatic carbocycles. The Hall–Kier alpha value is -3.29. The van der Waals surface area contributed by atoms with Gasteiger partial charge in [-0.05, 0) is 36.8 Å². The largest absolute Gasteiger partial charge is 0.469 e. The number of carbonyl (C=O) groups excluding carboxylic acids is 5. The second-order valence-corrected chi connectivity index (χ2v) is 16.0. The Morgan fingerprint density at radius 1 is 1.02 bits per heavy atom. The lowest BCUT2D eigenvalue weighted by atomic mass is 9.37. The summed E-state index contributed by atoms with van der Waals surface area (Å²) in [4.78, 5) is 66.7. The third-order valence-corrected chi connectivity index (χ3v) is 12.9. The molecule has 0 aromatic rings. The van der Waals surface area contributed by atoms with Crippen molar-refractivity contribution in [3.8, 4) is 0 Å². The summed E-state index contributed by atoms with van der Waals surface area (Å²) < 4.78 is 35.6. The summed E-state index contributed by atoms with van der Waals surface area (Å²) >= 11 is 0. The Labute approximate surface area is 285 Å². The molecule has 270 valence electrons. The highest BCUT2D eigenvalue weighted by molar-refractivity contribution is 5.94. The fraction of sp³-hybridized carbons (Fsp3) is 0.750. The van der Waals surface area contributed by atoms with E-state index in [1.165, 1.54) is 19.3 Å². The highest BCUT2D eigenvalue weighted by atomic mass is 16.7. The maximum atomic E-state index is 13.8. The summed E-state index contributed by atoms with van der Waals surface area (Å²) in [7, 11) is 1.28. The fourth-order valence-corrected chi connectivity index (χ4v) is 10.3. The molecule has 2 aliphatic carbocycles. The highest BCUT2D eigenvalue weighted by Crippen LogP contribution is 2.80. The molecule has 0 aromatic heterocycles. The van der Waals surface area contributed by atoms with Gasteiger partial charge in [0.2, 0.25) is 6.29 Å². The lowest BCUT2D eigenvalue weighted by Crippen LogP contribution is -2.76. The van der Waals surface area contributed by atoms with Crippen molar-refractivity contribution in [3.63, 3.8) is 0 Å². The molecule has 1 unspecified atom stereocenters. The van der Waals surface area contributed by atoms with Gasteiger partial charge in [0, 0.05) is 34.7 Å². The van der Waals surface area contributed by atoms with Crippen LogP contribution in [0.2, 0.25) is 0 Å². The second-order valence-electron chi connectivity index (χ2n) is 16.0. The molecule has 0 amide bonds. The number of carbonyl (C=O) groups is 5. The number of rotatable bonds is 8. The van der Waals surface area contributed by atoms with Crippen LogP contribution in [0.15, 0.2) is 23.3 Å². The van der Waals surface area contributed by atoms with E-state index in [1.807, 2.05) is 27.7 Å². The van der Waals surface area contributed by atoms with E-state index in [1.54, 1.807) is 27.7 Å².